The second kappa shape index (κ2) is 7.53. The lowest BCUT2D eigenvalue weighted by Gasteiger charge is -2.02. The lowest BCUT2D eigenvalue weighted by Crippen LogP contribution is -2.13. The summed E-state index contributed by atoms with van der Waals surface area (Å²) in [5.41, 5.74) is 2.06. The number of hydrogen-bond acceptors (Lipinski definition) is 7. The van der Waals surface area contributed by atoms with E-state index in [1.807, 2.05) is 30.5 Å². The van der Waals surface area contributed by atoms with Crippen LogP contribution in [-0.4, -0.2) is 26.6 Å². The molecule has 26 heavy (non-hydrogen) atoms. The van der Waals surface area contributed by atoms with Crippen molar-refractivity contribution in [2.45, 2.75) is 11.9 Å². The Morgan fingerprint density at radius 2 is 2.08 bits per heavy atom. The summed E-state index contributed by atoms with van der Waals surface area (Å²) in [4.78, 5) is 27.2. The first kappa shape index (κ1) is 17.1. The van der Waals surface area contributed by atoms with Crippen molar-refractivity contribution < 1.29 is 4.79 Å². The third-order valence-corrected chi connectivity index (χ3v) is 6.53. The first-order valence-corrected chi connectivity index (χ1v) is 10.5. The first-order chi connectivity index (χ1) is 12.7. The summed E-state index contributed by atoms with van der Waals surface area (Å²) in [6.45, 7) is 1.90. The molecule has 0 aliphatic heterocycles. The van der Waals surface area contributed by atoms with Crippen LogP contribution in [0.15, 0.2) is 53.1 Å². The van der Waals surface area contributed by atoms with Gasteiger partial charge in [-0.15, -0.1) is 22.7 Å². The number of thiophene rings is 1. The highest BCUT2D eigenvalue weighted by Crippen LogP contribution is 2.36. The SMILES string of the molecule is Cc1csc(NC(=O)CSc2ncnc3sc(-c4ccccc4)cc23)n1. The van der Waals surface area contributed by atoms with E-state index in [1.54, 1.807) is 17.7 Å². The van der Waals surface area contributed by atoms with Crippen molar-refractivity contribution in [1.82, 2.24) is 15.0 Å². The number of thiazole rings is 1. The van der Waals surface area contributed by atoms with Crippen LogP contribution in [0.5, 0.6) is 0 Å². The topological polar surface area (TPSA) is 67.8 Å². The minimum Gasteiger partial charge on any atom is -0.301 e. The van der Waals surface area contributed by atoms with E-state index in [0.29, 0.717) is 5.13 Å². The van der Waals surface area contributed by atoms with Gasteiger partial charge in [-0.25, -0.2) is 15.0 Å². The predicted molar refractivity (Wildman–Crippen MR) is 109 cm³/mol. The number of aryl methyl sites for hydroxylation is 1. The van der Waals surface area contributed by atoms with Crippen molar-refractivity contribution in [1.29, 1.82) is 0 Å². The molecule has 0 bridgehead atoms. The van der Waals surface area contributed by atoms with Crippen LogP contribution >= 0.6 is 34.4 Å². The third kappa shape index (κ3) is 3.77. The molecule has 5 nitrogen and oxygen atoms in total. The van der Waals surface area contributed by atoms with Crippen LogP contribution in [-0.2, 0) is 4.79 Å². The molecular formula is C18H14N4OS3. The molecule has 0 atom stereocenters. The molecule has 0 fully saturated rings. The Labute approximate surface area is 162 Å². The standard InChI is InChI=1S/C18H14N4OS3/c1-11-8-25-18(21-11)22-15(23)9-24-16-13-7-14(12-5-3-2-4-6-12)26-17(13)20-10-19-16/h2-8,10H,9H2,1H3,(H,21,22,23). The van der Waals surface area contributed by atoms with Crippen molar-refractivity contribution in [2.24, 2.45) is 0 Å². The van der Waals surface area contributed by atoms with Gasteiger partial charge in [-0.2, -0.15) is 0 Å². The molecule has 0 aliphatic carbocycles. The Balaban J connectivity index is 1.51. The summed E-state index contributed by atoms with van der Waals surface area (Å²) in [5, 5.41) is 7.16. The molecule has 1 amide bonds. The number of hydrogen-bond donors (Lipinski definition) is 1. The average Bonchev–Trinajstić information content (AvgIpc) is 3.27. The number of benzene rings is 1. The van der Waals surface area contributed by atoms with Gasteiger partial charge in [-0.05, 0) is 18.6 Å². The van der Waals surface area contributed by atoms with E-state index in [4.69, 9.17) is 0 Å². The Bertz CT molecular complexity index is 1060. The van der Waals surface area contributed by atoms with E-state index in [2.05, 4.69) is 38.5 Å². The molecule has 0 unspecified atom stereocenters. The lowest BCUT2D eigenvalue weighted by atomic mass is 10.2. The molecule has 0 saturated heterocycles. The lowest BCUT2D eigenvalue weighted by molar-refractivity contribution is -0.113. The van der Waals surface area contributed by atoms with Gasteiger partial charge in [-0.3, -0.25) is 4.79 Å². The molecule has 8 heteroatoms. The molecular weight excluding hydrogens is 384 g/mol. The molecule has 0 radical (unpaired) electrons. The van der Waals surface area contributed by atoms with Gasteiger partial charge >= 0.3 is 0 Å². The minimum atomic E-state index is -0.0883. The number of carbonyl (C=O) groups excluding carboxylic acids is 1. The number of rotatable bonds is 5. The Hall–Kier alpha value is -2.29. The zero-order valence-corrected chi connectivity index (χ0v) is 16.3. The summed E-state index contributed by atoms with van der Waals surface area (Å²) in [6, 6.07) is 12.3. The van der Waals surface area contributed by atoms with Gasteiger partial charge in [0, 0.05) is 15.6 Å². The molecule has 1 N–H and O–H groups in total. The van der Waals surface area contributed by atoms with E-state index in [9.17, 15) is 4.79 Å². The fourth-order valence-corrected chi connectivity index (χ4v) is 4.94. The van der Waals surface area contributed by atoms with Crippen LogP contribution < -0.4 is 5.32 Å². The number of nitrogens with zero attached hydrogens (tertiary/aromatic N) is 3. The maximum absolute atomic E-state index is 12.2. The third-order valence-electron chi connectivity index (χ3n) is 3.56. The maximum atomic E-state index is 12.2. The van der Waals surface area contributed by atoms with E-state index in [-0.39, 0.29) is 11.7 Å². The number of carbonyl (C=O) groups is 1. The number of anilines is 1. The summed E-state index contributed by atoms with van der Waals surface area (Å²) in [5.74, 6) is 0.191. The highest BCUT2D eigenvalue weighted by atomic mass is 32.2. The van der Waals surface area contributed by atoms with Crippen LogP contribution in [0.1, 0.15) is 5.69 Å². The van der Waals surface area contributed by atoms with Crippen LogP contribution in [0, 0.1) is 6.92 Å². The summed E-state index contributed by atoms with van der Waals surface area (Å²) >= 11 is 4.47. The molecule has 1 aromatic carbocycles. The number of fused-ring (bicyclic) bond motifs is 1. The van der Waals surface area contributed by atoms with Gasteiger partial charge in [-0.1, -0.05) is 42.1 Å². The summed E-state index contributed by atoms with van der Waals surface area (Å²) in [6.07, 6.45) is 1.55. The Morgan fingerprint density at radius 1 is 1.23 bits per heavy atom. The molecule has 4 aromatic rings. The van der Waals surface area contributed by atoms with Crippen LogP contribution in [0.3, 0.4) is 0 Å². The Kier molecular flexibility index (Phi) is 4.96. The minimum absolute atomic E-state index is 0.0883. The number of nitrogens with one attached hydrogen (secondary N) is 1. The smallest absolute Gasteiger partial charge is 0.236 e. The average molecular weight is 399 g/mol. The second-order valence-electron chi connectivity index (χ2n) is 5.51. The maximum Gasteiger partial charge on any atom is 0.236 e. The van der Waals surface area contributed by atoms with Crippen LogP contribution in [0.4, 0.5) is 5.13 Å². The summed E-state index contributed by atoms with van der Waals surface area (Å²) < 4.78 is 0. The number of aromatic nitrogens is 3. The zero-order valence-electron chi connectivity index (χ0n) is 13.8. The van der Waals surface area contributed by atoms with E-state index < -0.39 is 0 Å². The predicted octanol–water partition coefficient (Wildman–Crippen LogP) is 4.85. The molecule has 3 aromatic heterocycles. The van der Waals surface area contributed by atoms with Gasteiger partial charge in [0.2, 0.25) is 5.91 Å². The summed E-state index contributed by atoms with van der Waals surface area (Å²) in [7, 11) is 0. The van der Waals surface area contributed by atoms with Crippen LogP contribution in [0.25, 0.3) is 20.7 Å². The molecule has 0 aliphatic rings. The van der Waals surface area contributed by atoms with Crippen molar-refractivity contribution in [3.8, 4) is 10.4 Å². The van der Waals surface area contributed by atoms with Gasteiger partial charge in [0.1, 0.15) is 16.2 Å². The fourth-order valence-electron chi connectivity index (χ4n) is 2.39. The van der Waals surface area contributed by atoms with E-state index in [0.717, 1.165) is 31.4 Å². The normalized spacial score (nSPS) is 11.0. The quantitative estimate of drug-likeness (QED) is 0.384. The highest BCUT2D eigenvalue weighted by molar-refractivity contribution is 8.00. The highest BCUT2D eigenvalue weighted by Gasteiger charge is 2.13. The molecule has 4 rings (SSSR count). The second-order valence-corrected chi connectivity index (χ2v) is 8.36. The van der Waals surface area contributed by atoms with Gasteiger partial charge < -0.3 is 5.32 Å². The van der Waals surface area contributed by atoms with Crippen molar-refractivity contribution in [3.05, 3.63) is 53.8 Å². The van der Waals surface area contributed by atoms with Crippen molar-refractivity contribution in [3.63, 3.8) is 0 Å². The Morgan fingerprint density at radius 3 is 2.85 bits per heavy atom. The zero-order chi connectivity index (χ0) is 17.9. The fraction of sp³-hybridized carbons (Fsp3) is 0.111. The number of thioether (sulfide) groups is 1. The van der Waals surface area contributed by atoms with Gasteiger partial charge in [0.05, 0.1) is 11.4 Å². The monoisotopic (exact) mass is 398 g/mol. The van der Waals surface area contributed by atoms with Crippen molar-refractivity contribution in [2.75, 3.05) is 11.1 Å². The van der Waals surface area contributed by atoms with Crippen LogP contribution in [0.2, 0.25) is 0 Å². The van der Waals surface area contributed by atoms with E-state index in [1.165, 1.54) is 23.1 Å². The van der Waals surface area contributed by atoms with Gasteiger partial charge in [0.25, 0.3) is 0 Å². The van der Waals surface area contributed by atoms with Gasteiger partial charge in [0.15, 0.2) is 5.13 Å². The molecule has 3 heterocycles. The first-order valence-electron chi connectivity index (χ1n) is 7.84. The van der Waals surface area contributed by atoms with Crippen molar-refractivity contribution >= 4 is 55.7 Å². The molecule has 0 spiro atoms. The molecule has 130 valence electrons. The number of amides is 1. The largest absolute Gasteiger partial charge is 0.301 e. The van der Waals surface area contributed by atoms with E-state index >= 15 is 0 Å². The molecule has 0 saturated carbocycles.